The molecule has 0 aliphatic rings. The lowest BCUT2D eigenvalue weighted by atomic mass is 10.2. The molecule has 154 valence electrons. The Balaban J connectivity index is 1.74. The second-order valence-corrected chi connectivity index (χ2v) is 7.63. The van der Waals surface area contributed by atoms with Gasteiger partial charge in [0.25, 0.3) is 0 Å². The van der Waals surface area contributed by atoms with Crippen molar-refractivity contribution in [3.05, 3.63) is 64.3 Å². The van der Waals surface area contributed by atoms with Gasteiger partial charge in [-0.3, -0.25) is 4.79 Å². The molecule has 0 saturated heterocycles. The van der Waals surface area contributed by atoms with Crippen molar-refractivity contribution >= 4 is 35.3 Å². The summed E-state index contributed by atoms with van der Waals surface area (Å²) in [6.45, 7) is 0.714. The summed E-state index contributed by atoms with van der Waals surface area (Å²) in [6, 6.07) is 10.7. The van der Waals surface area contributed by atoms with E-state index in [2.05, 4.69) is 15.2 Å². The molecule has 0 aliphatic heterocycles. The molecule has 4 N–H and O–H groups in total. The van der Waals surface area contributed by atoms with Gasteiger partial charge in [0.2, 0.25) is 11.8 Å². The molecule has 30 heavy (non-hydrogen) atoms. The summed E-state index contributed by atoms with van der Waals surface area (Å²) in [6.07, 6.45) is 1.55. The van der Waals surface area contributed by atoms with Gasteiger partial charge >= 0.3 is 6.01 Å². The topological polar surface area (TPSA) is 148 Å². The van der Waals surface area contributed by atoms with Crippen LogP contribution in [-0.4, -0.2) is 31.7 Å². The summed E-state index contributed by atoms with van der Waals surface area (Å²) in [5.41, 5.74) is 13.1. The number of carbonyl (C=O) groups excluding carboxylic acids is 1. The normalized spacial score (nSPS) is 10.6. The number of pyridine rings is 1. The lowest BCUT2D eigenvalue weighted by Gasteiger charge is -2.21. The Hall–Kier alpha value is -3.13. The summed E-state index contributed by atoms with van der Waals surface area (Å²) in [7, 11) is 0. The number of rotatable bonds is 8. The van der Waals surface area contributed by atoms with Gasteiger partial charge in [0.1, 0.15) is 11.8 Å². The fraction of sp³-hybridized carbons (Fsp3) is 0.211. The van der Waals surface area contributed by atoms with E-state index in [4.69, 9.17) is 32.7 Å². The van der Waals surface area contributed by atoms with Gasteiger partial charge in [0.05, 0.1) is 17.3 Å². The minimum absolute atomic E-state index is 0.0720. The SMILES string of the molecule is N#Cc1ccc(CN(Cc2nnc(N)o2)C(=O)CSc2cc(CN)ccc2Cl)cn1. The number of nitrogens with zero attached hydrogens (tertiary/aromatic N) is 5. The Morgan fingerprint density at radius 3 is 2.67 bits per heavy atom. The van der Waals surface area contributed by atoms with Crippen molar-refractivity contribution in [1.82, 2.24) is 20.1 Å². The molecule has 0 atom stereocenters. The zero-order valence-electron chi connectivity index (χ0n) is 15.8. The van der Waals surface area contributed by atoms with Crippen LogP contribution in [0.1, 0.15) is 22.7 Å². The first-order chi connectivity index (χ1) is 14.5. The highest BCUT2D eigenvalue weighted by molar-refractivity contribution is 8.00. The van der Waals surface area contributed by atoms with Crippen molar-refractivity contribution in [1.29, 1.82) is 5.26 Å². The quantitative estimate of drug-likeness (QED) is 0.500. The minimum Gasteiger partial charge on any atom is -0.406 e. The molecule has 1 aromatic carbocycles. The number of carbonyl (C=O) groups is 1. The number of nitrogen functional groups attached to an aromatic ring is 1. The largest absolute Gasteiger partial charge is 0.406 e. The van der Waals surface area contributed by atoms with Gasteiger partial charge in [-0.25, -0.2) is 4.98 Å². The number of hydrogen-bond acceptors (Lipinski definition) is 9. The number of aromatic nitrogens is 3. The Labute approximate surface area is 182 Å². The highest BCUT2D eigenvalue weighted by atomic mass is 35.5. The minimum atomic E-state index is -0.171. The Kier molecular flexibility index (Phi) is 7.24. The first kappa shape index (κ1) is 21.6. The standard InChI is InChI=1S/C19H18ClN7O2S/c20-15-4-2-12(6-21)5-16(15)30-11-18(28)27(10-17-25-26-19(23)29-17)9-13-1-3-14(7-22)24-8-13/h1-5,8H,6,9-11,21H2,(H2,23,26). The Morgan fingerprint density at radius 1 is 1.23 bits per heavy atom. The molecule has 3 rings (SSSR count). The maximum atomic E-state index is 13.0. The average Bonchev–Trinajstić information content (AvgIpc) is 3.17. The van der Waals surface area contributed by atoms with Crippen LogP contribution in [0.2, 0.25) is 5.02 Å². The molecule has 2 heterocycles. The third kappa shape index (κ3) is 5.70. The molecule has 3 aromatic rings. The van der Waals surface area contributed by atoms with Crippen LogP contribution in [0.3, 0.4) is 0 Å². The average molecular weight is 444 g/mol. The third-order valence-corrected chi connectivity index (χ3v) is 5.54. The van der Waals surface area contributed by atoms with Gasteiger partial charge in [0, 0.05) is 24.2 Å². The molecule has 0 spiro atoms. The van der Waals surface area contributed by atoms with Crippen LogP contribution in [0.25, 0.3) is 0 Å². The predicted octanol–water partition coefficient (Wildman–Crippen LogP) is 2.35. The van der Waals surface area contributed by atoms with E-state index in [0.29, 0.717) is 17.3 Å². The number of amides is 1. The van der Waals surface area contributed by atoms with Gasteiger partial charge in [-0.05, 0) is 29.3 Å². The fourth-order valence-electron chi connectivity index (χ4n) is 2.55. The number of benzene rings is 1. The van der Waals surface area contributed by atoms with Crippen molar-refractivity contribution in [2.45, 2.75) is 24.5 Å². The Bertz CT molecular complexity index is 1070. The molecule has 2 aromatic heterocycles. The van der Waals surface area contributed by atoms with Gasteiger partial charge in [-0.2, -0.15) is 5.26 Å². The van der Waals surface area contributed by atoms with E-state index in [1.165, 1.54) is 11.8 Å². The zero-order chi connectivity index (χ0) is 21.5. The summed E-state index contributed by atoms with van der Waals surface area (Å²) < 4.78 is 5.21. The van der Waals surface area contributed by atoms with E-state index in [1.807, 2.05) is 18.2 Å². The van der Waals surface area contributed by atoms with E-state index < -0.39 is 0 Å². The molecule has 0 unspecified atom stereocenters. The number of thioether (sulfide) groups is 1. The molecule has 0 fully saturated rings. The van der Waals surface area contributed by atoms with E-state index in [0.717, 1.165) is 16.0 Å². The maximum Gasteiger partial charge on any atom is 0.312 e. The molecule has 0 aliphatic carbocycles. The number of hydrogen-bond donors (Lipinski definition) is 2. The van der Waals surface area contributed by atoms with E-state index in [1.54, 1.807) is 29.3 Å². The van der Waals surface area contributed by atoms with Crippen LogP contribution in [-0.2, 0) is 24.4 Å². The molecule has 0 radical (unpaired) electrons. The maximum absolute atomic E-state index is 13.0. The van der Waals surface area contributed by atoms with Crippen LogP contribution >= 0.6 is 23.4 Å². The second kappa shape index (κ2) is 10.1. The van der Waals surface area contributed by atoms with E-state index in [9.17, 15) is 4.79 Å². The molecule has 0 bridgehead atoms. The van der Waals surface area contributed by atoms with Crippen LogP contribution in [0.4, 0.5) is 6.01 Å². The molecule has 0 saturated carbocycles. The zero-order valence-corrected chi connectivity index (χ0v) is 17.4. The summed E-state index contributed by atoms with van der Waals surface area (Å²) in [4.78, 5) is 19.3. The van der Waals surface area contributed by atoms with Gasteiger partial charge in [-0.15, -0.1) is 16.9 Å². The van der Waals surface area contributed by atoms with E-state index >= 15 is 0 Å². The highest BCUT2D eigenvalue weighted by Crippen LogP contribution is 2.28. The number of halogens is 1. The van der Waals surface area contributed by atoms with Crippen molar-refractivity contribution in [2.75, 3.05) is 11.5 Å². The number of anilines is 1. The number of nitriles is 1. The highest BCUT2D eigenvalue weighted by Gasteiger charge is 2.19. The van der Waals surface area contributed by atoms with E-state index in [-0.39, 0.29) is 36.7 Å². The number of nitrogens with two attached hydrogens (primary N) is 2. The van der Waals surface area contributed by atoms with Crippen molar-refractivity contribution in [2.24, 2.45) is 5.73 Å². The second-order valence-electron chi connectivity index (χ2n) is 6.20. The van der Waals surface area contributed by atoms with Crippen molar-refractivity contribution in [3.63, 3.8) is 0 Å². The monoisotopic (exact) mass is 443 g/mol. The van der Waals surface area contributed by atoms with Crippen molar-refractivity contribution in [3.8, 4) is 6.07 Å². The first-order valence-electron chi connectivity index (χ1n) is 8.80. The summed E-state index contributed by atoms with van der Waals surface area (Å²) >= 11 is 7.56. The van der Waals surface area contributed by atoms with Gasteiger partial charge < -0.3 is 20.8 Å². The molecule has 9 nitrogen and oxygen atoms in total. The van der Waals surface area contributed by atoms with Crippen LogP contribution < -0.4 is 11.5 Å². The smallest absolute Gasteiger partial charge is 0.312 e. The molecular formula is C19H18ClN7O2S. The first-order valence-corrected chi connectivity index (χ1v) is 10.2. The lowest BCUT2D eigenvalue weighted by molar-refractivity contribution is -0.129. The van der Waals surface area contributed by atoms with Crippen LogP contribution in [0.15, 0.2) is 45.8 Å². The molecular weight excluding hydrogens is 426 g/mol. The fourth-order valence-corrected chi connectivity index (χ4v) is 3.73. The molecule has 11 heteroatoms. The van der Waals surface area contributed by atoms with Gasteiger partial charge in [0.15, 0.2) is 0 Å². The third-order valence-electron chi connectivity index (χ3n) is 4.06. The summed E-state index contributed by atoms with van der Waals surface area (Å²) in [5.74, 6) is 0.187. The van der Waals surface area contributed by atoms with Gasteiger partial charge in [-0.1, -0.05) is 28.8 Å². The van der Waals surface area contributed by atoms with Crippen molar-refractivity contribution < 1.29 is 9.21 Å². The lowest BCUT2D eigenvalue weighted by Crippen LogP contribution is -2.31. The Morgan fingerprint density at radius 2 is 2.03 bits per heavy atom. The van der Waals surface area contributed by atoms with Crippen LogP contribution in [0, 0.1) is 11.3 Å². The molecule has 1 amide bonds. The summed E-state index contributed by atoms with van der Waals surface area (Å²) in [5, 5.41) is 16.9. The van der Waals surface area contributed by atoms with Crippen LogP contribution in [0.5, 0.6) is 0 Å². The predicted molar refractivity (Wildman–Crippen MR) is 112 cm³/mol.